The number of nitrogens with one attached hydrogen (secondary N) is 2. The molecule has 3 heteroatoms. The number of carbonyl (C=O) groups excluding carboxylic acids is 1. The molecule has 0 radical (unpaired) electrons. The maximum absolute atomic E-state index is 11.0. The summed E-state index contributed by atoms with van der Waals surface area (Å²) in [4.78, 5) is 11.0. The van der Waals surface area contributed by atoms with Crippen molar-refractivity contribution in [1.82, 2.24) is 10.6 Å². The van der Waals surface area contributed by atoms with Crippen LogP contribution in [0.2, 0.25) is 0 Å². The maximum atomic E-state index is 11.0. The molecule has 0 aliphatic heterocycles. The summed E-state index contributed by atoms with van der Waals surface area (Å²) in [5.74, 6) is 2.69. The molecule has 1 unspecified atom stereocenters. The van der Waals surface area contributed by atoms with E-state index in [1.54, 1.807) is 0 Å². The van der Waals surface area contributed by atoms with Crippen LogP contribution in [-0.2, 0) is 4.79 Å². The van der Waals surface area contributed by atoms with E-state index in [0.717, 1.165) is 6.42 Å². The molecule has 0 aliphatic carbocycles. The Bertz CT molecular complexity index is 184. The molecule has 2 N–H and O–H groups in total. The van der Waals surface area contributed by atoms with Gasteiger partial charge in [-0.25, -0.2) is 0 Å². The first kappa shape index (κ1) is 12.0. The third-order valence-corrected chi connectivity index (χ3v) is 1.73. The first-order chi connectivity index (χ1) is 6.24. The monoisotopic (exact) mass is 182 g/mol. The molecule has 1 amide bonds. The molecule has 0 bridgehead atoms. The van der Waals surface area contributed by atoms with E-state index >= 15 is 0 Å². The van der Waals surface area contributed by atoms with Gasteiger partial charge in [0.1, 0.15) is 0 Å². The number of terminal acetylenes is 1. The highest BCUT2D eigenvalue weighted by molar-refractivity contribution is 5.75. The Kier molecular flexibility index (Phi) is 7.04. The molecule has 0 aromatic carbocycles. The van der Waals surface area contributed by atoms with Gasteiger partial charge in [0, 0.05) is 19.5 Å². The molecular formula is C10H18N2O. The highest BCUT2D eigenvalue weighted by atomic mass is 16.1. The van der Waals surface area contributed by atoms with Crippen molar-refractivity contribution in [2.24, 2.45) is 0 Å². The molecule has 0 heterocycles. The van der Waals surface area contributed by atoms with Crippen molar-refractivity contribution in [1.29, 1.82) is 0 Å². The van der Waals surface area contributed by atoms with Gasteiger partial charge in [0.2, 0.25) is 5.91 Å². The minimum Gasteiger partial charge on any atom is -0.356 e. The van der Waals surface area contributed by atoms with E-state index in [0.29, 0.717) is 19.5 Å². The van der Waals surface area contributed by atoms with E-state index in [9.17, 15) is 4.79 Å². The number of carbonyl (C=O) groups is 1. The standard InChI is InChI=1S/C10H18N2O/c1-4-9(5-2)12-8-7-10(13)11-6-3/h1,9,12H,5-8H2,2-3H3,(H,11,13). The van der Waals surface area contributed by atoms with E-state index in [4.69, 9.17) is 6.42 Å². The van der Waals surface area contributed by atoms with Crippen LogP contribution in [0.4, 0.5) is 0 Å². The van der Waals surface area contributed by atoms with Crippen LogP contribution < -0.4 is 10.6 Å². The SMILES string of the molecule is C#CC(CC)NCCC(=O)NCC. The molecular weight excluding hydrogens is 164 g/mol. The Balaban J connectivity index is 3.44. The summed E-state index contributed by atoms with van der Waals surface area (Å²) in [5.41, 5.74) is 0. The van der Waals surface area contributed by atoms with Crippen LogP contribution in [-0.4, -0.2) is 25.0 Å². The van der Waals surface area contributed by atoms with Gasteiger partial charge in [-0.2, -0.15) is 0 Å². The topological polar surface area (TPSA) is 41.1 Å². The van der Waals surface area contributed by atoms with Gasteiger partial charge in [0.05, 0.1) is 6.04 Å². The molecule has 0 aromatic heterocycles. The summed E-state index contributed by atoms with van der Waals surface area (Å²) in [6.07, 6.45) is 6.63. The van der Waals surface area contributed by atoms with Gasteiger partial charge in [-0.15, -0.1) is 6.42 Å². The van der Waals surface area contributed by atoms with Gasteiger partial charge in [-0.3, -0.25) is 4.79 Å². The Morgan fingerprint density at radius 3 is 2.69 bits per heavy atom. The Labute approximate surface area is 80.3 Å². The highest BCUT2D eigenvalue weighted by Crippen LogP contribution is 1.88. The summed E-state index contributed by atoms with van der Waals surface area (Å²) in [7, 11) is 0. The molecule has 0 rings (SSSR count). The summed E-state index contributed by atoms with van der Waals surface area (Å²) in [5, 5.41) is 5.84. The quantitative estimate of drug-likeness (QED) is 0.588. The lowest BCUT2D eigenvalue weighted by atomic mass is 10.2. The Morgan fingerprint density at radius 2 is 2.23 bits per heavy atom. The average molecular weight is 182 g/mol. The highest BCUT2D eigenvalue weighted by Gasteiger charge is 2.02. The lowest BCUT2D eigenvalue weighted by Crippen LogP contribution is -2.32. The van der Waals surface area contributed by atoms with Crippen molar-refractivity contribution in [3.63, 3.8) is 0 Å². The van der Waals surface area contributed by atoms with Gasteiger partial charge in [-0.05, 0) is 13.3 Å². The molecule has 74 valence electrons. The Morgan fingerprint density at radius 1 is 1.54 bits per heavy atom. The predicted octanol–water partition coefficient (Wildman–Crippen LogP) is 0.514. The fourth-order valence-electron chi connectivity index (χ4n) is 0.967. The van der Waals surface area contributed by atoms with Crippen molar-refractivity contribution in [2.45, 2.75) is 32.7 Å². The second-order valence-corrected chi connectivity index (χ2v) is 2.79. The molecule has 0 spiro atoms. The van der Waals surface area contributed by atoms with E-state index < -0.39 is 0 Å². The maximum Gasteiger partial charge on any atom is 0.221 e. The molecule has 0 saturated carbocycles. The number of amides is 1. The number of rotatable bonds is 6. The van der Waals surface area contributed by atoms with Crippen LogP contribution >= 0.6 is 0 Å². The molecule has 0 saturated heterocycles. The average Bonchev–Trinajstić information content (AvgIpc) is 2.13. The molecule has 3 nitrogen and oxygen atoms in total. The minimum absolute atomic E-state index is 0.0712. The van der Waals surface area contributed by atoms with Gasteiger partial charge in [0.15, 0.2) is 0 Å². The largest absolute Gasteiger partial charge is 0.356 e. The van der Waals surface area contributed by atoms with Gasteiger partial charge >= 0.3 is 0 Å². The van der Waals surface area contributed by atoms with Gasteiger partial charge < -0.3 is 10.6 Å². The van der Waals surface area contributed by atoms with Gasteiger partial charge in [0.25, 0.3) is 0 Å². The van der Waals surface area contributed by atoms with Crippen LogP contribution in [0.1, 0.15) is 26.7 Å². The lowest BCUT2D eigenvalue weighted by molar-refractivity contribution is -0.120. The molecule has 0 aromatic rings. The van der Waals surface area contributed by atoms with E-state index in [1.807, 2.05) is 13.8 Å². The predicted molar refractivity (Wildman–Crippen MR) is 54.2 cm³/mol. The number of hydrogen-bond acceptors (Lipinski definition) is 2. The molecule has 0 aliphatic rings. The summed E-state index contributed by atoms with van der Waals surface area (Å²) < 4.78 is 0. The molecule has 0 fully saturated rings. The van der Waals surface area contributed by atoms with E-state index in [2.05, 4.69) is 16.6 Å². The molecule has 13 heavy (non-hydrogen) atoms. The zero-order valence-electron chi connectivity index (χ0n) is 8.39. The summed E-state index contributed by atoms with van der Waals surface area (Å²) >= 11 is 0. The van der Waals surface area contributed by atoms with Crippen LogP contribution in [0.15, 0.2) is 0 Å². The smallest absolute Gasteiger partial charge is 0.221 e. The number of hydrogen-bond donors (Lipinski definition) is 2. The second kappa shape index (κ2) is 7.63. The van der Waals surface area contributed by atoms with Crippen molar-refractivity contribution < 1.29 is 4.79 Å². The lowest BCUT2D eigenvalue weighted by Gasteiger charge is -2.09. The van der Waals surface area contributed by atoms with Crippen LogP contribution in [0, 0.1) is 12.3 Å². The van der Waals surface area contributed by atoms with Gasteiger partial charge in [-0.1, -0.05) is 12.8 Å². The Hall–Kier alpha value is -1.01. The third-order valence-electron chi connectivity index (χ3n) is 1.73. The first-order valence-corrected chi connectivity index (χ1v) is 4.70. The summed E-state index contributed by atoms with van der Waals surface area (Å²) in [6, 6.07) is 0.0921. The van der Waals surface area contributed by atoms with Crippen molar-refractivity contribution in [2.75, 3.05) is 13.1 Å². The van der Waals surface area contributed by atoms with Crippen LogP contribution in [0.3, 0.4) is 0 Å². The van der Waals surface area contributed by atoms with E-state index in [1.165, 1.54) is 0 Å². The zero-order valence-corrected chi connectivity index (χ0v) is 8.39. The second-order valence-electron chi connectivity index (χ2n) is 2.79. The normalized spacial score (nSPS) is 11.8. The molecule has 1 atom stereocenters. The van der Waals surface area contributed by atoms with Crippen LogP contribution in [0.25, 0.3) is 0 Å². The fraction of sp³-hybridized carbons (Fsp3) is 0.700. The first-order valence-electron chi connectivity index (χ1n) is 4.70. The van der Waals surface area contributed by atoms with Crippen LogP contribution in [0.5, 0.6) is 0 Å². The van der Waals surface area contributed by atoms with Crippen molar-refractivity contribution in [3.05, 3.63) is 0 Å². The fourth-order valence-corrected chi connectivity index (χ4v) is 0.967. The van der Waals surface area contributed by atoms with E-state index in [-0.39, 0.29) is 11.9 Å². The van der Waals surface area contributed by atoms with Crippen molar-refractivity contribution >= 4 is 5.91 Å². The third kappa shape index (κ3) is 6.18. The minimum atomic E-state index is 0.0712. The van der Waals surface area contributed by atoms with Crippen molar-refractivity contribution in [3.8, 4) is 12.3 Å². The summed E-state index contributed by atoms with van der Waals surface area (Å²) in [6.45, 7) is 5.25. The zero-order chi connectivity index (χ0) is 10.1.